The smallest absolute Gasteiger partial charge is 0.407 e. The van der Waals surface area contributed by atoms with Gasteiger partial charge in [-0.1, -0.05) is 48.5 Å². The van der Waals surface area contributed by atoms with Crippen molar-refractivity contribution < 1.29 is 42.8 Å². The van der Waals surface area contributed by atoms with E-state index in [2.05, 4.69) is 0 Å². The van der Waals surface area contributed by atoms with Gasteiger partial charge in [-0.3, -0.25) is 4.79 Å². The third-order valence-corrected chi connectivity index (χ3v) is 7.40. The van der Waals surface area contributed by atoms with Gasteiger partial charge in [0.2, 0.25) is 10.0 Å². The summed E-state index contributed by atoms with van der Waals surface area (Å²) in [6.07, 6.45) is -2.40. The number of rotatable bonds is 15. The van der Waals surface area contributed by atoms with Crippen molar-refractivity contribution in [3.8, 4) is 22.6 Å². The Balaban J connectivity index is 1.66. The van der Waals surface area contributed by atoms with Crippen LogP contribution in [0.3, 0.4) is 0 Å². The lowest BCUT2D eigenvalue weighted by Crippen LogP contribution is -2.36. The molecule has 0 bridgehead atoms. The van der Waals surface area contributed by atoms with E-state index in [9.17, 15) is 28.2 Å². The minimum atomic E-state index is -3.92. The molecule has 12 heteroatoms. The van der Waals surface area contributed by atoms with Crippen LogP contribution in [0.2, 0.25) is 0 Å². The second-order valence-corrected chi connectivity index (χ2v) is 11.6. The molecule has 11 nitrogen and oxygen atoms in total. The molecular formula is C30H36N2O9S. The number of carbonyl (C=O) groups is 2. The van der Waals surface area contributed by atoms with Gasteiger partial charge in [-0.2, -0.15) is 0 Å². The molecule has 0 aromatic heterocycles. The maximum Gasteiger partial charge on any atom is 0.407 e. The average molecular weight is 601 g/mol. The highest BCUT2D eigenvalue weighted by atomic mass is 32.2. The van der Waals surface area contributed by atoms with E-state index in [0.717, 1.165) is 10.5 Å². The molecule has 0 unspecified atom stereocenters. The molecule has 0 fully saturated rings. The predicted molar refractivity (Wildman–Crippen MR) is 157 cm³/mol. The summed E-state index contributed by atoms with van der Waals surface area (Å²) >= 11 is 0. The maximum absolute atomic E-state index is 12.7. The van der Waals surface area contributed by atoms with Gasteiger partial charge in [-0.25, -0.2) is 17.9 Å². The van der Waals surface area contributed by atoms with Crippen molar-refractivity contribution in [2.75, 3.05) is 32.1 Å². The molecule has 0 aliphatic heterocycles. The number of nitrogens with zero attached hydrogens (tertiary/aromatic N) is 1. The van der Waals surface area contributed by atoms with Crippen LogP contribution in [0.4, 0.5) is 4.79 Å². The standard InChI is InChI=1S/C30H36N2O9S/c1-21(2)41-28-19-24(11-14-26(28)29(35)31-42(38,39)18-6-16-33)22-9-12-25(13-10-22)40-17-15-32(30(36)37)20-27(34)23-7-4-3-5-8-23/h3-5,7-14,19,21,27,33-34H,6,15-18,20H2,1-2H3,(H,31,35)(H,36,37)/t27-/m0/s1. The summed E-state index contributed by atoms with van der Waals surface area (Å²) in [5.74, 6) is -0.489. The molecule has 3 aromatic rings. The average Bonchev–Trinajstić information content (AvgIpc) is 2.95. The highest BCUT2D eigenvalue weighted by Crippen LogP contribution is 2.30. The summed E-state index contributed by atoms with van der Waals surface area (Å²) < 4.78 is 37.8. The number of carbonyl (C=O) groups excluding carboxylic acids is 1. The summed E-state index contributed by atoms with van der Waals surface area (Å²) in [5, 5.41) is 28.8. The lowest BCUT2D eigenvalue weighted by molar-refractivity contribution is 0.0894. The molecule has 42 heavy (non-hydrogen) atoms. The summed E-state index contributed by atoms with van der Waals surface area (Å²) in [7, 11) is -3.92. The van der Waals surface area contributed by atoms with E-state index >= 15 is 0 Å². The second kappa shape index (κ2) is 15.2. The molecule has 1 atom stereocenters. The fourth-order valence-electron chi connectivity index (χ4n) is 4.01. The van der Waals surface area contributed by atoms with Crippen LogP contribution in [0.15, 0.2) is 72.8 Å². The number of aliphatic hydroxyl groups is 2. The Bertz CT molecular complexity index is 1430. The lowest BCUT2D eigenvalue weighted by atomic mass is 10.0. The summed E-state index contributed by atoms with van der Waals surface area (Å²) in [6, 6.07) is 20.6. The van der Waals surface area contributed by atoms with Crippen molar-refractivity contribution in [1.29, 1.82) is 0 Å². The third-order valence-electron chi connectivity index (χ3n) is 6.07. The molecule has 0 radical (unpaired) electrons. The third kappa shape index (κ3) is 9.75. The quantitative estimate of drug-likeness (QED) is 0.204. The number of benzene rings is 3. The van der Waals surface area contributed by atoms with Gasteiger partial charge in [-0.05, 0) is 61.2 Å². The number of amides is 2. The Kier molecular flexibility index (Phi) is 11.7. The van der Waals surface area contributed by atoms with Crippen molar-refractivity contribution in [1.82, 2.24) is 9.62 Å². The van der Waals surface area contributed by atoms with Crippen LogP contribution in [0.25, 0.3) is 11.1 Å². The van der Waals surface area contributed by atoms with Crippen molar-refractivity contribution in [3.05, 3.63) is 83.9 Å². The first-order valence-electron chi connectivity index (χ1n) is 13.4. The Labute approximate surface area is 245 Å². The molecule has 0 heterocycles. The lowest BCUT2D eigenvalue weighted by Gasteiger charge is -2.22. The Morgan fingerprint density at radius 1 is 0.976 bits per heavy atom. The molecule has 226 valence electrons. The van der Waals surface area contributed by atoms with Gasteiger partial charge in [-0.15, -0.1) is 0 Å². The SMILES string of the molecule is CC(C)Oc1cc(-c2ccc(OCCN(C[C@H](O)c3ccccc3)C(=O)O)cc2)ccc1C(=O)NS(=O)(=O)CCCO. The van der Waals surface area contributed by atoms with Gasteiger partial charge in [0, 0.05) is 6.61 Å². The van der Waals surface area contributed by atoms with Crippen LogP contribution >= 0.6 is 0 Å². The van der Waals surface area contributed by atoms with Crippen molar-refractivity contribution in [2.45, 2.75) is 32.5 Å². The minimum absolute atomic E-state index is 0.00577. The topological polar surface area (TPSA) is 163 Å². The van der Waals surface area contributed by atoms with Crippen LogP contribution in [-0.4, -0.2) is 78.8 Å². The Morgan fingerprint density at radius 2 is 1.64 bits per heavy atom. The zero-order valence-electron chi connectivity index (χ0n) is 23.5. The summed E-state index contributed by atoms with van der Waals surface area (Å²) in [6.45, 7) is 3.29. The highest BCUT2D eigenvalue weighted by Gasteiger charge is 2.21. The van der Waals surface area contributed by atoms with Crippen LogP contribution in [-0.2, 0) is 10.0 Å². The number of aliphatic hydroxyl groups excluding tert-OH is 2. The van der Waals surface area contributed by atoms with Gasteiger partial charge < -0.3 is 29.7 Å². The van der Waals surface area contributed by atoms with E-state index in [-0.39, 0.29) is 55.9 Å². The van der Waals surface area contributed by atoms with E-state index in [4.69, 9.17) is 14.6 Å². The van der Waals surface area contributed by atoms with E-state index in [1.807, 2.05) is 10.8 Å². The number of ether oxygens (including phenoxy) is 2. The number of hydrogen-bond donors (Lipinski definition) is 4. The molecule has 0 aliphatic rings. The van der Waals surface area contributed by atoms with Gasteiger partial charge in [0.25, 0.3) is 5.91 Å². The molecule has 0 spiro atoms. The van der Waals surface area contributed by atoms with E-state index < -0.39 is 28.1 Å². The summed E-state index contributed by atoms with van der Waals surface area (Å²) in [5.41, 5.74) is 2.17. The van der Waals surface area contributed by atoms with Crippen LogP contribution in [0.1, 0.15) is 42.3 Å². The zero-order valence-corrected chi connectivity index (χ0v) is 24.3. The molecule has 0 saturated heterocycles. The Morgan fingerprint density at radius 3 is 2.26 bits per heavy atom. The first kappa shape index (κ1) is 32.4. The predicted octanol–water partition coefficient (Wildman–Crippen LogP) is 3.68. The summed E-state index contributed by atoms with van der Waals surface area (Å²) in [4.78, 5) is 25.5. The van der Waals surface area contributed by atoms with E-state index in [1.54, 1.807) is 74.5 Å². The molecular weight excluding hydrogens is 564 g/mol. The minimum Gasteiger partial charge on any atom is -0.492 e. The maximum atomic E-state index is 12.7. The largest absolute Gasteiger partial charge is 0.492 e. The van der Waals surface area contributed by atoms with Gasteiger partial charge in [0.1, 0.15) is 18.1 Å². The number of carboxylic acid groups (broad SMARTS) is 1. The fraction of sp³-hybridized carbons (Fsp3) is 0.333. The van der Waals surface area contributed by atoms with E-state index in [1.165, 1.54) is 6.07 Å². The molecule has 0 saturated carbocycles. The van der Waals surface area contributed by atoms with Crippen LogP contribution in [0, 0.1) is 0 Å². The number of sulfonamides is 1. The first-order chi connectivity index (χ1) is 20.0. The molecule has 3 aromatic carbocycles. The van der Waals surface area contributed by atoms with Crippen LogP contribution in [0.5, 0.6) is 11.5 Å². The van der Waals surface area contributed by atoms with Gasteiger partial charge >= 0.3 is 6.09 Å². The molecule has 0 aliphatic carbocycles. The second-order valence-electron chi connectivity index (χ2n) is 9.73. The van der Waals surface area contributed by atoms with Gasteiger partial charge in [0.15, 0.2) is 0 Å². The Hall–Kier alpha value is -4.13. The highest BCUT2D eigenvalue weighted by molar-refractivity contribution is 7.90. The first-order valence-corrected chi connectivity index (χ1v) is 15.0. The molecule has 3 rings (SSSR count). The monoisotopic (exact) mass is 600 g/mol. The molecule has 4 N–H and O–H groups in total. The van der Waals surface area contributed by atoms with Crippen LogP contribution < -0.4 is 14.2 Å². The van der Waals surface area contributed by atoms with Crippen molar-refractivity contribution in [3.63, 3.8) is 0 Å². The van der Waals surface area contributed by atoms with E-state index in [0.29, 0.717) is 16.9 Å². The number of nitrogens with one attached hydrogen (secondary N) is 1. The fourth-order valence-corrected chi connectivity index (χ4v) is 5.02. The molecule has 2 amide bonds. The van der Waals surface area contributed by atoms with Gasteiger partial charge in [0.05, 0.1) is 36.6 Å². The normalized spacial score (nSPS) is 12.0. The number of hydrogen-bond acceptors (Lipinski definition) is 8. The van der Waals surface area contributed by atoms with Crippen molar-refractivity contribution >= 4 is 22.0 Å². The zero-order chi connectivity index (χ0) is 30.7. The van der Waals surface area contributed by atoms with Crippen molar-refractivity contribution in [2.24, 2.45) is 0 Å².